The van der Waals surface area contributed by atoms with Gasteiger partial charge in [0.15, 0.2) is 6.54 Å². The molecule has 0 saturated carbocycles. The van der Waals surface area contributed by atoms with E-state index in [4.69, 9.17) is 4.52 Å². The number of aromatic nitrogens is 3. The van der Waals surface area contributed by atoms with Gasteiger partial charge in [0.2, 0.25) is 5.27 Å². The van der Waals surface area contributed by atoms with Gasteiger partial charge in [0.25, 0.3) is 6.20 Å². The third-order valence-corrected chi connectivity index (χ3v) is 5.08. The number of thioether (sulfide) groups is 1. The Bertz CT molecular complexity index is 840. The first kappa shape index (κ1) is 17.4. The summed E-state index contributed by atoms with van der Waals surface area (Å²) in [6.45, 7) is 4.77. The van der Waals surface area contributed by atoms with Gasteiger partial charge in [-0.25, -0.2) is 9.98 Å². The lowest BCUT2D eigenvalue weighted by atomic mass is 9.87. The highest BCUT2D eigenvalue weighted by atomic mass is 32.2. The molecule has 8 heteroatoms. The number of aliphatic imine (C=N–C) groups is 1. The van der Waals surface area contributed by atoms with Crippen LogP contribution < -0.4 is 9.79 Å². The van der Waals surface area contributed by atoms with Crippen LogP contribution in [0.4, 0.5) is 5.88 Å². The van der Waals surface area contributed by atoms with Crippen molar-refractivity contribution in [3.05, 3.63) is 29.1 Å². The molecule has 2 aromatic rings. The first-order valence-electron chi connectivity index (χ1n) is 8.25. The molecule has 0 N–H and O–H groups in total. The Hall–Kier alpha value is -2.40. The summed E-state index contributed by atoms with van der Waals surface area (Å²) in [7, 11) is 0. The molecule has 1 unspecified atom stereocenters. The lowest BCUT2D eigenvalue weighted by molar-refractivity contribution is -0.759. The number of aryl methyl sites for hydroxylation is 2. The van der Waals surface area contributed by atoms with Crippen molar-refractivity contribution in [1.29, 1.82) is 5.26 Å². The summed E-state index contributed by atoms with van der Waals surface area (Å²) < 4.78 is 6.51. The minimum atomic E-state index is -0.346. The molecule has 0 spiro atoms. The van der Waals surface area contributed by atoms with Crippen LogP contribution in [-0.2, 0) is 19.4 Å². The molecule has 2 heterocycles. The second kappa shape index (κ2) is 7.66. The summed E-state index contributed by atoms with van der Waals surface area (Å²) in [6.07, 6.45) is 4.55. The van der Waals surface area contributed by atoms with Crippen molar-refractivity contribution in [2.75, 3.05) is 5.75 Å². The Balaban J connectivity index is 1.73. The van der Waals surface area contributed by atoms with Crippen molar-refractivity contribution in [2.45, 2.75) is 44.7 Å². The highest BCUT2D eigenvalue weighted by Gasteiger charge is 2.19. The maximum atomic E-state index is 12.0. The van der Waals surface area contributed by atoms with E-state index in [1.54, 1.807) is 10.9 Å². The normalized spacial score (nSPS) is 17.2. The second-order valence-electron chi connectivity index (χ2n) is 6.10. The van der Waals surface area contributed by atoms with E-state index in [0.29, 0.717) is 23.1 Å². The summed E-state index contributed by atoms with van der Waals surface area (Å²) in [5.74, 6) is 0.554. The van der Waals surface area contributed by atoms with E-state index >= 15 is 0 Å². The molecule has 25 heavy (non-hydrogen) atoms. The van der Waals surface area contributed by atoms with Gasteiger partial charge in [0, 0.05) is 11.4 Å². The van der Waals surface area contributed by atoms with Gasteiger partial charge >= 0.3 is 5.88 Å². The average Bonchev–Trinajstić information content (AvgIpc) is 3.06. The minimum absolute atomic E-state index is 0.101. The molecule has 2 aromatic heterocycles. The van der Waals surface area contributed by atoms with Crippen LogP contribution in [-0.4, -0.2) is 21.9 Å². The molecule has 1 atom stereocenters. The summed E-state index contributed by atoms with van der Waals surface area (Å²) in [4.78, 5) is 8.50. The smallest absolute Gasteiger partial charge is 0.320 e. The van der Waals surface area contributed by atoms with E-state index in [2.05, 4.69) is 28.2 Å². The molecule has 0 bridgehead atoms. The Labute approximate surface area is 150 Å². The predicted molar refractivity (Wildman–Crippen MR) is 90.3 cm³/mol. The number of nitriles is 1. The highest BCUT2D eigenvalue weighted by molar-refractivity contribution is 7.99. The minimum Gasteiger partial charge on any atom is -0.861 e. The number of hydrogen-bond donors (Lipinski definition) is 0. The van der Waals surface area contributed by atoms with Gasteiger partial charge in [-0.3, -0.25) is 4.52 Å². The molecule has 130 valence electrons. The SMILES string of the molecule is CC[n+]1cc(/N=C(/[O-])CSc2nc3c(cc2C#N)CC(C)CC3)on1. The monoisotopic (exact) mass is 357 g/mol. The first-order valence-corrected chi connectivity index (χ1v) is 9.24. The largest absolute Gasteiger partial charge is 0.861 e. The van der Waals surface area contributed by atoms with E-state index in [1.807, 2.05) is 13.0 Å². The standard InChI is InChI=1S/C17H19N5O2S/c1-3-22-9-16(24-21-22)20-15(23)10-25-17-13(8-18)7-12-6-11(2)4-5-14(12)19-17/h7,9,11H,3-6,10H2,1-2H3. The predicted octanol–water partition coefficient (Wildman–Crippen LogP) is 1.56. The molecule has 3 rings (SSSR count). The van der Waals surface area contributed by atoms with E-state index in [9.17, 15) is 10.4 Å². The number of pyridine rings is 1. The van der Waals surface area contributed by atoms with Crippen molar-refractivity contribution in [3.63, 3.8) is 0 Å². The number of fused-ring (bicyclic) bond motifs is 1. The van der Waals surface area contributed by atoms with Crippen molar-refractivity contribution in [2.24, 2.45) is 10.9 Å². The van der Waals surface area contributed by atoms with E-state index in [0.717, 1.165) is 30.5 Å². The Morgan fingerprint density at radius 2 is 2.44 bits per heavy atom. The molecule has 0 saturated heterocycles. The van der Waals surface area contributed by atoms with E-state index < -0.39 is 0 Å². The fraction of sp³-hybridized carbons (Fsp3) is 0.471. The number of nitrogens with zero attached hydrogens (tertiary/aromatic N) is 5. The van der Waals surface area contributed by atoms with Gasteiger partial charge in [0.05, 0.1) is 5.56 Å². The van der Waals surface area contributed by atoms with Gasteiger partial charge in [0.1, 0.15) is 11.1 Å². The van der Waals surface area contributed by atoms with Gasteiger partial charge in [-0.2, -0.15) is 5.26 Å². The zero-order valence-electron chi connectivity index (χ0n) is 14.2. The van der Waals surface area contributed by atoms with E-state index in [-0.39, 0.29) is 17.5 Å². The molecule has 0 aromatic carbocycles. The van der Waals surface area contributed by atoms with Crippen molar-refractivity contribution >= 4 is 23.5 Å². The number of rotatable bonds is 5. The maximum Gasteiger partial charge on any atom is 0.320 e. The van der Waals surface area contributed by atoms with Crippen LogP contribution in [0, 0.1) is 17.2 Å². The lowest BCUT2D eigenvalue weighted by Crippen LogP contribution is -2.32. The average molecular weight is 357 g/mol. The second-order valence-corrected chi connectivity index (χ2v) is 7.06. The third kappa shape index (κ3) is 4.17. The van der Waals surface area contributed by atoms with Gasteiger partial charge in [-0.05, 0) is 49.6 Å². The molecule has 0 amide bonds. The molecular weight excluding hydrogens is 338 g/mol. The molecule has 7 nitrogen and oxygen atoms in total. The van der Waals surface area contributed by atoms with Crippen LogP contribution in [0.25, 0.3) is 0 Å². The fourth-order valence-electron chi connectivity index (χ4n) is 2.77. The molecule has 0 fully saturated rings. The lowest BCUT2D eigenvalue weighted by Gasteiger charge is -2.21. The van der Waals surface area contributed by atoms with Gasteiger partial charge in [-0.1, -0.05) is 23.4 Å². The summed E-state index contributed by atoms with van der Waals surface area (Å²) >= 11 is 1.24. The highest BCUT2D eigenvalue weighted by Crippen LogP contribution is 2.29. The Morgan fingerprint density at radius 3 is 3.16 bits per heavy atom. The molecular formula is C17H19N5O2S. The van der Waals surface area contributed by atoms with Crippen LogP contribution in [0.5, 0.6) is 0 Å². The van der Waals surface area contributed by atoms with E-state index in [1.165, 1.54) is 11.8 Å². The zero-order valence-corrected chi connectivity index (χ0v) is 15.0. The molecule has 0 radical (unpaired) electrons. The zero-order chi connectivity index (χ0) is 17.8. The molecule has 0 aliphatic heterocycles. The summed E-state index contributed by atoms with van der Waals surface area (Å²) in [5.41, 5.74) is 2.72. The van der Waals surface area contributed by atoms with Crippen molar-refractivity contribution < 1.29 is 14.3 Å². The maximum absolute atomic E-state index is 12.0. The van der Waals surface area contributed by atoms with Crippen LogP contribution in [0.15, 0.2) is 26.8 Å². The molecule has 1 aliphatic carbocycles. The summed E-state index contributed by atoms with van der Waals surface area (Å²) in [6, 6.07) is 4.11. The topological polar surface area (TPSA) is 102 Å². The molecule has 1 aliphatic rings. The Morgan fingerprint density at radius 1 is 1.60 bits per heavy atom. The number of hydrogen-bond acceptors (Lipinski definition) is 7. The first-order chi connectivity index (χ1) is 12.1. The summed E-state index contributed by atoms with van der Waals surface area (Å²) in [5, 5.41) is 25.7. The third-order valence-electron chi connectivity index (χ3n) is 4.11. The van der Waals surface area contributed by atoms with Crippen LogP contribution >= 0.6 is 11.8 Å². The Kier molecular flexibility index (Phi) is 5.34. The van der Waals surface area contributed by atoms with Crippen molar-refractivity contribution in [1.82, 2.24) is 10.3 Å². The van der Waals surface area contributed by atoms with Crippen LogP contribution in [0.3, 0.4) is 0 Å². The van der Waals surface area contributed by atoms with Gasteiger partial charge in [-0.15, -0.1) is 0 Å². The fourth-order valence-corrected chi connectivity index (χ4v) is 3.53. The van der Waals surface area contributed by atoms with Gasteiger partial charge < -0.3 is 5.11 Å². The quantitative estimate of drug-likeness (QED) is 0.348. The van der Waals surface area contributed by atoms with Crippen molar-refractivity contribution in [3.8, 4) is 6.07 Å². The van der Waals surface area contributed by atoms with Crippen LogP contribution in [0.1, 0.15) is 37.1 Å². The van der Waals surface area contributed by atoms with Crippen LogP contribution in [0.2, 0.25) is 0 Å².